The minimum absolute atomic E-state index is 0. The molecule has 0 N–H and O–H groups in total. The van der Waals surface area contributed by atoms with E-state index in [-0.39, 0.29) is 102 Å². The van der Waals surface area contributed by atoms with Gasteiger partial charge in [0.1, 0.15) is 0 Å². The summed E-state index contributed by atoms with van der Waals surface area (Å²) in [5.41, 5.74) is 7.36. The molecule has 8 aromatic carbocycles. The molecule has 0 fully saturated rings. The Balaban J connectivity index is 0.000000308. The van der Waals surface area contributed by atoms with Crippen LogP contribution in [-0.4, -0.2) is 99.3 Å². The minimum Gasteiger partial charge on any atom is -0.465 e. The quantitative estimate of drug-likeness (QED) is 0.00559. The zero-order valence-corrected chi connectivity index (χ0v) is 65.1. The molecule has 15 nitrogen and oxygen atoms in total. The van der Waals surface area contributed by atoms with Gasteiger partial charge >= 0.3 is 47.5 Å². The number of thiocarbonyl (C=S) groups is 2. The first-order valence-corrected chi connectivity index (χ1v) is 37.7. The smallest absolute Gasteiger partial charge is 0.465 e. The molecule has 0 heterocycles. The zero-order valence-electron chi connectivity index (χ0n) is 58.2. The van der Waals surface area contributed by atoms with Crippen LogP contribution in [0.2, 0.25) is 0 Å². The van der Waals surface area contributed by atoms with Crippen LogP contribution in [0.4, 0.5) is 0 Å². The van der Waals surface area contributed by atoms with Gasteiger partial charge < -0.3 is 39.1 Å². The van der Waals surface area contributed by atoms with E-state index in [9.17, 15) is 45.6 Å². The van der Waals surface area contributed by atoms with Gasteiger partial charge in [0.05, 0.1) is 60.6 Å². The number of carbonyl (C=O) groups is 6. The average Bonchev–Trinajstić information content (AvgIpc) is 0.864. The largest absolute Gasteiger partial charge is 1.00 e. The number of ether oxygens (including phenoxy) is 3. The number of ketones is 3. The summed E-state index contributed by atoms with van der Waals surface area (Å²) in [6, 6.07) is 60.7. The van der Waals surface area contributed by atoms with Crippen molar-refractivity contribution in [2.75, 3.05) is 38.8 Å². The molecule has 0 radical (unpaired) electrons. The average molecular weight is 1490 g/mol. The first kappa shape index (κ1) is 86.2. The standard InChI is InChI=1S/2C26H26O6S.C23H26O3S2.C4H8S2.Na/c2*1-19-12-14-24(15-13-19)33(29,30)32-17-7-16-31-26(28)20(2)22-10-6-11-23(18-22)25(27)21-8-4-3-5-9-21;1-3-9-21(27)28-15-8-14-26-23(25)17(2)19-12-7-13-20(16-19)22(24)18-10-5-4-6-11-18;1-2-3-4(5)6;/h2*3-6,8-15,18,20H,7,16-17H2,1-2H3;4-7,10-13,16-17H,3,8-9,14-15H2,1-2H3;2-3H2,1H3,(H,5,6);/q;;;;+1/p-1. The van der Waals surface area contributed by atoms with Crippen LogP contribution in [0, 0.1) is 13.8 Å². The maximum absolute atomic E-state index is 12.7. The molecule has 0 saturated carbocycles. The van der Waals surface area contributed by atoms with Crippen LogP contribution in [0.25, 0.3) is 0 Å². The summed E-state index contributed by atoms with van der Waals surface area (Å²) in [7, 11) is -7.69. The van der Waals surface area contributed by atoms with Crippen LogP contribution in [0.5, 0.6) is 0 Å². The SMILES string of the molecule is CCCC(=S)SCCCOC(=O)C(C)c1cccc(C(=O)c2ccccc2)c1.CCCC(=S)[S-].Cc1ccc(S(=O)(=O)OCCCOC(=O)C(C)c2cccc(C(=O)c3ccccc3)c2)cc1.Cc1ccc(S(=O)(=O)OCCCOC(=O)C(C)c2cccc(C(=O)c3ccccc3)c2)cc1.[Na+]. The third kappa shape index (κ3) is 30.3. The zero-order chi connectivity index (χ0) is 73.0. The second kappa shape index (κ2) is 45.7. The second-order valence-corrected chi connectivity index (χ2v) is 29.4. The molecule has 3 atom stereocenters. The van der Waals surface area contributed by atoms with E-state index in [1.165, 1.54) is 24.3 Å². The molecule has 0 aliphatic rings. The Labute approximate surface area is 638 Å². The predicted molar refractivity (Wildman–Crippen MR) is 404 cm³/mol. The molecule has 101 heavy (non-hydrogen) atoms. The molecule has 22 heteroatoms. The van der Waals surface area contributed by atoms with Gasteiger partial charge in [0, 0.05) is 56.2 Å². The fourth-order valence-electron chi connectivity index (χ4n) is 9.14. The summed E-state index contributed by atoms with van der Waals surface area (Å²) < 4.78 is 76.4. The van der Waals surface area contributed by atoms with E-state index in [4.69, 9.17) is 34.8 Å². The third-order valence-electron chi connectivity index (χ3n) is 15.0. The molecule has 8 aromatic rings. The molecule has 0 amide bonds. The third-order valence-corrected chi connectivity index (χ3v) is 19.6. The van der Waals surface area contributed by atoms with Crippen molar-refractivity contribution in [2.24, 2.45) is 0 Å². The van der Waals surface area contributed by atoms with Crippen molar-refractivity contribution in [1.29, 1.82) is 0 Å². The van der Waals surface area contributed by atoms with E-state index >= 15 is 0 Å². The molecule has 0 saturated heterocycles. The topological polar surface area (TPSA) is 217 Å². The summed E-state index contributed by atoms with van der Waals surface area (Å²) in [4.78, 5) is 75.3. The van der Waals surface area contributed by atoms with Gasteiger partial charge in [-0.05, 0) is 113 Å². The van der Waals surface area contributed by atoms with Gasteiger partial charge in [-0.1, -0.05) is 220 Å². The number of benzene rings is 8. The molecule has 3 unspecified atom stereocenters. The van der Waals surface area contributed by atoms with Gasteiger partial charge in [-0.2, -0.15) is 21.0 Å². The van der Waals surface area contributed by atoms with E-state index in [0.717, 1.165) is 58.7 Å². The minimum atomic E-state index is -3.85. The molecule has 0 aliphatic carbocycles. The summed E-state index contributed by atoms with van der Waals surface area (Å²) in [6.07, 6.45) is 5.26. The molecule has 0 aromatic heterocycles. The van der Waals surface area contributed by atoms with Crippen molar-refractivity contribution in [2.45, 2.75) is 121 Å². The first-order chi connectivity index (χ1) is 47.8. The molecule has 0 bridgehead atoms. The Morgan fingerprint density at radius 2 is 0.703 bits per heavy atom. The number of esters is 3. The van der Waals surface area contributed by atoms with E-state index in [0.29, 0.717) is 55.3 Å². The van der Waals surface area contributed by atoms with Crippen molar-refractivity contribution in [1.82, 2.24) is 0 Å². The number of hydrogen-bond acceptors (Lipinski definition) is 19. The van der Waals surface area contributed by atoms with Crippen molar-refractivity contribution in [3.05, 3.63) is 274 Å². The van der Waals surface area contributed by atoms with Crippen LogP contribution in [0.3, 0.4) is 0 Å². The summed E-state index contributed by atoms with van der Waals surface area (Å²) >= 11 is 16.1. The molecular weight excluding hydrogens is 1400 g/mol. The van der Waals surface area contributed by atoms with Crippen molar-refractivity contribution >= 4 is 113 Å². The maximum Gasteiger partial charge on any atom is 1.00 e. The van der Waals surface area contributed by atoms with Crippen LogP contribution in [0.1, 0.15) is 173 Å². The maximum atomic E-state index is 12.7. The van der Waals surface area contributed by atoms with Crippen LogP contribution < -0.4 is 29.6 Å². The Morgan fingerprint density at radius 1 is 0.406 bits per heavy atom. The predicted octanol–water partition coefficient (Wildman–Crippen LogP) is 13.8. The summed E-state index contributed by atoms with van der Waals surface area (Å²) in [6.45, 7) is 13.3. The summed E-state index contributed by atoms with van der Waals surface area (Å²) in [5, 5.41) is 0. The van der Waals surface area contributed by atoms with E-state index in [1.807, 2.05) is 50.2 Å². The Hall–Kier alpha value is -7.25. The molecule has 8 rings (SSSR count). The second-order valence-electron chi connectivity index (χ2n) is 23.0. The van der Waals surface area contributed by atoms with Gasteiger partial charge in [-0.25, -0.2) is 0 Å². The molecular formula is C79H85NaO15S6. The monoisotopic (exact) mass is 1490 g/mol. The summed E-state index contributed by atoms with van der Waals surface area (Å²) in [5.74, 6) is -2.19. The van der Waals surface area contributed by atoms with Crippen LogP contribution in [-0.2, 0) is 69.8 Å². The fraction of sp³-hybridized carbons (Fsp3) is 0.291. The van der Waals surface area contributed by atoms with Crippen molar-refractivity contribution < 1.29 is 97.7 Å². The van der Waals surface area contributed by atoms with Gasteiger partial charge in [-0.3, -0.25) is 37.1 Å². The number of thioether (sulfide) groups is 1. The Morgan fingerprint density at radius 3 is 0.990 bits per heavy atom. The van der Waals surface area contributed by atoms with Crippen LogP contribution >= 0.6 is 36.2 Å². The molecule has 528 valence electrons. The number of rotatable bonds is 32. The van der Waals surface area contributed by atoms with Crippen LogP contribution in [0.15, 0.2) is 222 Å². The number of aryl methyl sites for hydroxylation is 2. The Kier molecular flexibility index (Phi) is 39.0. The first-order valence-electron chi connectivity index (χ1n) is 32.7. The number of carbonyl (C=O) groups excluding carboxylic acids is 6. The van der Waals surface area contributed by atoms with Gasteiger partial charge in [-0.15, -0.1) is 11.8 Å². The number of hydrogen-bond donors (Lipinski definition) is 0. The fourth-order valence-corrected chi connectivity index (χ4v) is 12.7. The van der Waals surface area contributed by atoms with E-state index in [2.05, 4.69) is 38.7 Å². The Bertz CT molecular complexity index is 4000. The van der Waals surface area contributed by atoms with E-state index < -0.39 is 49.9 Å². The van der Waals surface area contributed by atoms with Crippen molar-refractivity contribution in [3.63, 3.8) is 0 Å². The molecule has 0 aliphatic heterocycles. The van der Waals surface area contributed by atoms with Crippen molar-refractivity contribution in [3.8, 4) is 0 Å². The van der Waals surface area contributed by atoms with Gasteiger partial charge in [0.15, 0.2) is 17.3 Å². The normalized spacial score (nSPS) is 11.7. The van der Waals surface area contributed by atoms with E-state index in [1.54, 1.807) is 184 Å². The molecule has 0 spiro atoms. The van der Waals surface area contributed by atoms with Gasteiger partial charge in [0.25, 0.3) is 20.2 Å². The van der Waals surface area contributed by atoms with Gasteiger partial charge in [0.2, 0.25) is 0 Å².